The Labute approximate surface area is 168 Å². The smallest absolute Gasteiger partial charge is 0.152 e. The molecule has 1 fully saturated rings. The maximum Gasteiger partial charge on any atom is 0.152 e. The Hall–Kier alpha value is -1.40. The first-order chi connectivity index (χ1) is 12.8. The molecule has 0 spiro atoms. The summed E-state index contributed by atoms with van der Waals surface area (Å²) in [6.45, 7) is 11.9. The fraction of sp³-hybridized carbons (Fsp3) is 0.571. The Morgan fingerprint density at radius 2 is 1.74 bits per heavy atom. The molecular formula is C21H32ClN5. The summed E-state index contributed by atoms with van der Waals surface area (Å²) in [6.07, 6.45) is 0. The molecule has 1 saturated heterocycles. The van der Waals surface area contributed by atoms with Crippen LogP contribution in [0.4, 0.5) is 0 Å². The Kier molecular flexibility index (Phi) is 6.26. The predicted molar refractivity (Wildman–Crippen MR) is 113 cm³/mol. The summed E-state index contributed by atoms with van der Waals surface area (Å²) in [5.41, 5.74) is 2.40. The second-order valence-electron chi connectivity index (χ2n) is 8.30. The van der Waals surface area contributed by atoms with E-state index in [1.54, 1.807) is 0 Å². The Morgan fingerprint density at radius 1 is 1.11 bits per heavy atom. The second kappa shape index (κ2) is 8.31. The fourth-order valence-electron chi connectivity index (χ4n) is 3.98. The van der Waals surface area contributed by atoms with Crippen LogP contribution in [0.3, 0.4) is 0 Å². The van der Waals surface area contributed by atoms with Gasteiger partial charge in [-0.05, 0) is 27.8 Å². The third kappa shape index (κ3) is 4.37. The van der Waals surface area contributed by atoms with Gasteiger partial charge in [-0.25, -0.2) is 4.98 Å². The van der Waals surface area contributed by atoms with Crippen LogP contribution >= 0.6 is 11.6 Å². The number of piperazine rings is 1. The summed E-state index contributed by atoms with van der Waals surface area (Å²) < 4.78 is 2.16. The molecule has 6 heteroatoms. The zero-order valence-corrected chi connectivity index (χ0v) is 17.9. The molecule has 0 saturated carbocycles. The first-order valence-electron chi connectivity index (χ1n) is 9.74. The van der Waals surface area contributed by atoms with Crippen LogP contribution in [0.1, 0.15) is 32.5 Å². The average Bonchev–Trinajstić information content (AvgIpc) is 2.94. The second-order valence-corrected chi connectivity index (χ2v) is 8.66. The van der Waals surface area contributed by atoms with Crippen LogP contribution in [0.2, 0.25) is 5.15 Å². The molecular weight excluding hydrogens is 358 g/mol. The SMILES string of the molecule is CNCC(c1c(Cl)nc(-c2ccccc2)n1C)N1CCN(C(C)(C)C)CC1. The van der Waals surface area contributed by atoms with Gasteiger partial charge in [0.05, 0.1) is 11.7 Å². The number of rotatable bonds is 5. The molecule has 1 aromatic heterocycles. The number of nitrogens with one attached hydrogen (secondary N) is 1. The zero-order chi connectivity index (χ0) is 19.6. The van der Waals surface area contributed by atoms with Gasteiger partial charge in [-0.15, -0.1) is 0 Å². The molecule has 148 valence electrons. The summed E-state index contributed by atoms with van der Waals surface area (Å²) in [5, 5.41) is 3.96. The molecule has 1 N–H and O–H groups in total. The molecule has 1 aromatic carbocycles. The molecule has 0 radical (unpaired) electrons. The van der Waals surface area contributed by atoms with Gasteiger partial charge in [0, 0.05) is 50.9 Å². The monoisotopic (exact) mass is 389 g/mol. The van der Waals surface area contributed by atoms with Gasteiger partial charge in [-0.2, -0.15) is 0 Å². The maximum absolute atomic E-state index is 6.65. The van der Waals surface area contributed by atoms with Gasteiger partial charge in [0.2, 0.25) is 0 Å². The highest BCUT2D eigenvalue weighted by Crippen LogP contribution is 2.32. The number of hydrogen-bond donors (Lipinski definition) is 1. The minimum absolute atomic E-state index is 0.208. The summed E-state index contributed by atoms with van der Waals surface area (Å²) >= 11 is 6.65. The number of halogens is 1. The van der Waals surface area contributed by atoms with Crippen molar-refractivity contribution in [1.29, 1.82) is 0 Å². The van der Waals surface area contributed by atoms with Crippen LogP contribution in [0, 0.1) is 0 Å². The number of nitrogens with zero attached hydrogens (tertiary/aromatic N) is 4. The first kappa shape index (κ1) is 20.3. The topological polar surface area (TPSA) is 36.3 Å². The zero-order valence-electron chi connectivity index (χ0n) is 17.2. The molecule has 0 bridgehead atoms. The van der Waals surface area contributed by atoms with Gasteiger partial charge in [-0.3, -0.25) is 9.80 Å². The lowest BCUT2D eigenvalue weighted by Crippen LogP contribution is -2.55. The van der Waals surface area contributed by atoms with Crippen molar-refractivity contribution >= 4 is 11.6 Å². The highest BCUT2D eigenvalue weighted by Gasteiger charge is 2.32. The molecule has 2 heterocycles. The van der Waals surface area contributed by atoms with E-state index < -0.39 is 0 Å². The molecule has 2 aromatic rings. The van der Waals surface area contributed by atoms with Gasteiger partial charge in [0.25, 0.3) is 0 Å². The highest BCUT2D eigenvalue weighted by molar-refractivity contribution is 6.30. The van der Waals surface area contributed by atoms with Crippen LogP contribution < -0.4 is 5.32 Å². The van der Waals surface area contributed by atoms with E-state index >= 15 is 0 Å². The van der Waals surface area contributed by atoms with E-state index in [1.165, 1.54) is 0 Å². The van der Waals surface area contributed by atoms with E-state index in [2.05, 4.69) is 59.6 Å². The molecule has 0 amide bonds. The summed E-state index contributed by atoms with van der Waals surface area (Å²) in [7, 11) is 4.07. The van der Waals surface area contributed by atoms with Crippen LogP contribution in [0.5, 0.6) is 0 Å². The molecule has 5 nitrogen and oxygen atoms in total. The summed E-state index contributed by atoms with van der Waals surface area (Å²) in [4.78, 5) is 9.79. The normalized spacial score (nSPS) is 18.0. The van der Waals surface area contributed by atoms with E-state index in [1.807, 2.05) is 25.2 Å². The van der Waals surface area contributed by atoms with E-state index in [0.717, 1.165) is 49.8 Å². The fourth-order valence-corrected chi connectivity index (χ4v) is 4.31. The van der Waals surface area contributed by atoms with Crippen molar-refractivity contribution in [3.8, 4) is 11.4 Å². The molecule has 27 heavy (non-hydrogen) atoms. The Morgan fingerprint density at radius 3 is 2.30 bits per heavy atom. The standard InChI is InChI=1S/C21H32ClN5/c1-21(2,3)27-13-11-26(12-14-27)17(15-23-4)18-19(22)24-20(25(18)5)16-9-7-6-8-10-16/h6-10,17,23H,11-15H2,1-5H3. The highest BCUT2D eigenvalue weighted by atomic mass is 35.5. The number of benzene rings is 1. The number of imidazole rings is 1. The lowest BCUT2D eigenvalue weighted by Gasteiger charge is -2.44. The lowest BCUT2D eigenvalue weighted by atomic mass is 10.0. The van der Waals surface area contributed by atoms with Gasteiger partial charge >= 0.3 is 0 Å². The van der Waals surface area contributed by atoms with Crippen molar-refractivity contribution in [3.63, 3.8) is 0 Å². The molecule has 3 rings (SSSR count). The molecule has 1 unspecified atom stereocenters. The minimum Gasteiger partial charge on any atom is -0.328 e. The van der Waals surface area contributed by atoms with Crippen LogP contribution in [-0.2, 0) is 7.05 Å². The van der Waals surface area contributed by atoms with E-state index in [9.17, 15) is 0 Å². The third-order valence-electron chi connectivity index (χ3n) is 5.54. The quantitative estimate of drug-likeness (QED) is 0.850. The van der Waals surface area contributed by atoms with E-state index in [0.29, 0.717) is 5.15 Å². The lowest BCUT2D eigenvalue weighted by molar-refractivity contribution is 0.0405. The van der Waals surface area contributed by atoms with Gasteiger partial charge in [-0.1, -0.05) is 41.9 Å². The summed E-state index contributed by atoms with van der Waals surface area (Å²) in [5.74, 6) is 0.921. The molecule has 1 aliphatic rings. The largest absolute Gasteiger partial charge is 0.328 e. The average molecular weight is 390 g/mol. The Bertz CT molecular complexity index is 742. The molecule has 1 atom stereocenters. The summed E-state index contributed by atoms with van der Waals surface area (Å²) in [6, 6.07) is 10.5. The minimum atomic E-state index is 0.208. The Balaban J connectivity index is 1.87. The van der Waals surface area contributed by atoms with E-state index in [-0.39, 0.29) is 11.6 Å². The third-order valence-corrected chi connectivity index (χ3v) is 5.82. The van der Waals surface area contributed by atoms with Gasteiger partial charge < -0.3 is 9.88 Å². The van der Waals surface area contributed by atoms with E-state index in [4.69, 9.17) is 16.6 Å². The molecule has 1 aliphatic heterocycles. The van der Waals surface area contributed by atoms with Crippen molar-refractivity contribution in [1.82, 2.24) is 24.7 Å². The molecule has 0 aliphatic carbocycles. The number of hydrogen-bond acceptors (Lipinski definition) is 4. The van der Waals surface area contributed by atoms with Gasteiger partial charge in [0.15, 0.2) is 5.15 Å². The van der Waals surface area contributed by atoms with Crippen LogP contribution in [-0.4, -0.2) is 64.7 Å². The van der Waals surface area contributed by atoms with Crippen LogP contribution in [0.15, 0.2) is 30.3 Å². The van der Waals surface area contributed by atoms with Crippen molar-refractivity contribution in [2.45, 2.75) is 32.4 Å². The van der Waals surface area contributed by atoms with Crippen molar-refractivity contribution in [2.75, 3.05) is 39.8 Å². The maximum atomic E-state index is 6.65. The van der Waals surface area contributed by atoms with Gasteiger partial charge in [0.1, 0.15) is 5.82 Å². The van der Waals surface area contributed by atoms with Crippen molar-refractivity contribution in [3.05, 3.63) is 41.2 Å². The number of likely N-dealkylation sites (N-methyl/N-ethyl adjacent to an activating group) is 1. The van der Waals surface area contributed by atoms with Crippen LogP contribution in [0.25, 0.3) is 11.4 Å². The predicted octanol–water partition coefficient (Wildman–Crippen LogP) is 3.42. The van der Waals surface area contributed by atoms with Crippen molar-refractivity contribution < 1.29 is 0 Å². The first-order valence-corrected chi connectivity index (χ1v) is 10.1. The van der Waals surface area contributed by atoms with Crippen molar-refractivity contribution in [2.24, 2.45) is 7.05 Å². The number of aromatic nitrogens is 2.